The molecule has 1 aromatic heterocycles. The van der Waals surface area contributed by atoms with Gasteiger partial charge in [-0.15, -0.1) is 0 Å². The summed E-state index contributed by atoms with van der Waals surface area (Å²) in [7, 11) is 0. The summed E-state index contributed by atoms with van der Waals surface area (Å²) < 4.78 is 0. The quantitative estimate of drug-likeness (QED) is 0.844. The maximum absolute atomic E-state index is 12.0. The summed E-state index contributed by atoms with van der Waals surface area (Å²) in [6, 6.07) is 3.64. The number of aliphatic hydroxyl groups excluding tert-OH is 1. The summed E-state index contributed by atoms with van der Waals surface area (Å²) in [4.78, 5) is 17.8. The smallest absolute Gasteiger partial charge is 0.317 e. The van der Waals surface area contributed by atoms with Gasteiger partial charge in [0.15, 0.2) is 0 Å². The number of hydrogen-bond acceptors (Lipinski definition) is 3. The van der Waals surface area contributed by atoms with Crippen LogP contribution in [-0.2, 0) is 6.54 Å². The minimum Gasteiger partial charge on any atom is -0.394 e. The van der Waals surface area contributed by atoms with Gasteiger partial charge in [0.1, 0.15) is 0 Å². The fourth-order valence-electron chi connectivity index (χ4n) is 2.24. The molecule has 0 aromatic carbocycles. The first kappa shape index (κ1) is 12.8. The predicted octanol–water partition coefficient (Wildman–Crippen LogP) is 1.14. The maximum atomic E-state index is 12.0. The number of carbonyl (C=O) groups is 1. The first-order valence-corrected chi connectivity index (χ1v) is 6.35. The molecule has 0 spiro atoms. The largest absolute Gasteiger partial charge is 0.394 e. The molecule has 1 aliphatic rings. The van der Waals surface area contributed by atoms with Gasteiger partial charge in [-0.2, -0.15) is 0 Å². The number of likely N-dealkylation sites (tertiary alicyclic amines) is 1. The molecule has 2 heterocycles. The number of urea groups is 1. The molecule has 1 fully saturated rings. The van der Waals surface area contributed by atoms with Crippen LogP contribution in [0.2, 0.25) is 0 Å². The van der Waals surface area contributed by atoms with Gasteiger partial charge < -0.3 is 15.3 Å². The molecule has 1 unspecified atom stereocenters. The van der Waals surface area contributed by atoms with Crippen molar-refractivity contribution in [3.05, 3.63) is 30.1 Å². The molecule has 0 saturated carbocycles. The summed E-state index contributed by atoms with van der Waals surface area (Å²) in [5.41, 5.74) is 0.975. The molecule has 1 aliphatic heterocycles. The van der Waals surface area contributed by atoms with Crippen LogP contribution in [0.1, 0.15) is 24.8 Å². The monoisotopic (exact) mass is 249 g/mol. The second kappa shape index (κ2) is 6.35. The van der Waals surface area contributed by atoms with Gasteiger partial charge in [0, 0.05) is 25.5 Å². The minimum absolute atomic E-state index is 0.0346. The highest BCUT2D eigenvalue weighted by Crippen LogP contribution is 2.16. The third kappa shape index (κ3) is 3.20. The molecule has 98 valence electrons. The zero-order valence-corrected chi connectivity index (χ0v) is 10.4. The number of rotatable bonds is 3. The lowest BCUT2D eigenvalue weighted by Crippen LogP contribution is -2.49. The molecule has 5 heteroatoms. The van der Waals surface area contributed by atoms with E-state index in [1.807, 2.05) is 12.1 Å². The van der Waals surface area contributed by atoms with E-state index in [-0.39, 0.29) is 18.7 Å². The molecule has 2 rings (SSSR count). The van der Waals surface area contributed by atoms with E-state index in [1.165, 1.54) is 0 Å². The van der Waals surface area contributed by atoms with Crippen LogP contribution in [0.25, 0.3) is 0 Å². The molecule has 1 atom stereocenters. The van der Waals surface area contributed by atoms with Crippen LogP contribution < -0.4 is 5.32 Å². The van der Waals surface area contributed by atoms with Crippen LogP contribution >= 0.6 is 0 Å². The van der Waals surface area contributed by atoms with Crippen molar-refractivity contribution >= 4 is 6.03 Å². The van der Waals surface area contributed by atoms with E-state index in [9.17, 15) is 9.90 Å². The Balaban J connectivity index is 1.87. The zero-order chi connectivity index (χ0) is 12.8. The van der Waals surface area contributed by atoms with Crippen molar-refractivity contribution in [3.63, 3.8) is 0 Å². The number of nitrogens with one attached hydrogen (secondary N) is 1. The Morgan fingerprint density at radius 3 is 3.17 bits per heavy atom. The third-order valence-electron chi connectivity index (χ3n) is 3.27. The Morgan fingerprint density at radius 1 is 1.56 bits per heavy atom. The number of carbonyl (C=O) groups excluding carboxylic acids is 1. The summed E-state index contributed by atoms with van der Waals surface area (Å²) in [5, 5.41) is 12.1. The van der Waals surface area contributed by atoms with Crippen molar-refractivity contribution < 1.29 is 9.90 Å². The molecule has 0 radical (unpaired) electrons. The normalized spacial score (nSPS) is 19.6. The average molecular weight is 249 g/mol. The highest BCUT2D eigenvalue weighted by Gasteiger charge is 2.25. The predicted molar refractivity (Wildman–Crippen MR) is 67.9 cm³/mol. The van der Waals surface area contributed by atoms with Crippen molar-refractivity contribution in [3.8, 4) is 0 Å². The van der Waals surface area contributed by atoms with Crippen LogP contribution in [-0.4, -0.2) is 40.2 Å². The van der Waals surface area contributed by atoms with Gasteiger partial charge >= 0.3 is 6.03 Å². The van der Waals surface area contributed by atoms with E-state index < -0.39 is 0 Å². The highest BCUT2D eigenvalue weighted by molar-refractivity contribution is 5.74. The summed E-state index contributed by atoms with van der Waals surface area (Å²) in [5.74, 6) is 0. The van der Waals surface area contributed by atoms with Gasteiger partial charge in [-0.05, 0) is 30.9 Å². The summed E-state index contributed by atoms with van der Waals surface area (Å²) in [6.45, 7) is 1.24. The SMILES string of the molecule is O=C(NCc1cccnc1)N1CCCCC1CO. The number of amides is 2. The van der Waals surface area contributed by atoms with E-state index in [0.29, 0.717) is 6.54 Å². The summed E-state index contributed by atoms with van der Waals surface area (Å²) in [6.07, 6.45) is 6.42. The molecule has 5 nitrogen and oxygen atoms in total. The van der Waals surface area contributed by atoms with E-state index in [2.05, 4.69) is 10.3 Å². The van der Waals surface area contributed by atoms with E-state index in [0.717, 1.165) is 31.4 Å². The highest BCUT2D eigenvalue weighted by atomic mass is 16.3. The minimum atomic E-state index is -0.0994. The Kier molecular flexibility index (Phi) is 4.52. The number of aromatic nitrogens is 1. The number of piperidine rings is 1. The second-order valence-corrected chi connectivity index (χ2v) is 4.55. The fraction of sp³-hybridized carbons (Fsp3) is 0.538. The van der Waals surface area contributed by atoms with Crippen molar-refractivity contribution in [1.82, 2.24) is 15.2 Å². The zero-order valence-electron chi connectivity index (χ0n) is 10.4. The molecule has 1 saturated heterocycles. The van der Waals surface area contributed by atoms with Crippen LogP contribution in [0.5, 0.6) is 0 Å². The van der Waals surface area contributed by atoms with Gasteiger partial charge in [0.2, 0.25) is 0 Å². The van der Waals surface area contributed by atoms with Gasteiger partial charge in [0.25, 0.3) is 0 Å². The lowest BCUT2D eigenvalue weighted by Gasteiger charge is -2.34. The number of pyridine rings is 1. The van der Waals surface area contributed by atoms with Crippen LogP contribution in [0.4, 0.5) is 4.79 Å². The first-order chi connectivity index (χ1) is 8.81. The van der Waals surface area contributed by atoms with Crippen LogP contribution in [0, 0.1) is 0 Å². The molecular weight excluding hydrogens is 230 g/mol. The van der Waals surface area contributed by atoms with Crippen molar-refractivity contribution in [1.29, 1.82) is 0 Å². The fourth-order valence-corrected chi connectivity index (χ4v) is 2.24. The molecule has 2 N–H and O–H groups in total. The van der Waals surface area contributed by atoms with E-state index in [1.54, 1.807) is 17.3 Å². The van der Waals surface area contributed by atoms with Gasteiger partial charge in [-0.25, -0.2) is 4.79 Å². The average Bonchev–Trinajstić information content (AvgIpc) is 2.45. The third-order valence-corrected chi connectivity index (χ3v) is 3.27. The van der Waals surface area contributed by atoms with Crippen LogP contribution in [0.15, 0.2) is 24.5 Å². The Bertz CT molecular complexity index is 383. The Morgan fingerprint density at radius 2 is 2.44 bits per heavy atom. The van der Waals surface area contributed by atoms with Gasteiger partial charge in [0.05, 0.1) is 12.6 Å². The van der Waals surface area contributed by atoms with Crippen molar-refractivity contribution in [2.24, 2.45) is 0 Å². The number of nitrogens with zero attached hydrogens (tertiary/aromatic N) is 2. The standard InChI is InChI=1S/C13H19N3O2/c17-10-12-5-1-2-7-16(12)13(18)15-9-11-4-3-6-14-8-11/h3-4,6,8,12,17H,1-2,5,7,9-10H2,(H,15,18). The van der Waals surface area contributed by atoms with E-state index >= 15 is 0 Å². The Hall–Kier alpha value is -1.62. The topological polar surface area (TPSA) is 65.5 Å². The number of aliphatic hydroxyl groups is 1. The molecule has 0 bridgehead atoms. The summed E-state index contributed by atoms with van der Waals surface area (Å²) >= 11 is 0. The lowest BCUT2D eigenvalue weighted by molar-refractivity contribution is 0.108. The van der Waals surface area contributed by atoms with Crippen molar-refractivity contribution in [2.45, 2.75) is 31.8 Å². The van der Waals surface area contributed by atoms with Crippen LogP contribution in [0.3, 0.4) is 0 Å². The molecule has 0 aliphatic carbocycles. The molecule has 2 amide bonds. The second-order valence-electron chi connectivity index (χ2n) is 4.55. The number of hydrogen-bond donors (Lipinski definition) is 2. The van der Waals surface area contributed by atoms with Gasteiger partial charge in [-0.1, -0.05) is 6.07 Å². The van der Waals surface area contributed by atoms with Gasteiger partial charge in [-0.3, -0.25) is 4.98 Å². The Labute approximate surface area is 107 Å². The van der Waals surface area contributed by atoms with E-state index in [4.69, 9.17) is 0 Å². The molecule has 18 heavy (non-hydrogen) atoms. The molecule has 1 aromatic rings. The maximum Gasteiger partial charge on any atom is 0.317 e. The molecular formula is C13H19N3O2. The first-order valence-electron chi connectivity index (χ1n) is 6.35. The lowest BCUT2D eigenvalue weighted by atomic mass is 10.0. The van der Waals surface area contributed by atoms with Crippen molar-refractivity contribution in [2.75, 3.05) is 13.2 Å².